The van der Waals surface area contributed by atoms with Crippen LogP contribution in [0.5, 0.6) is 0 Å². The van der Waals surface area contributed by atoms with Gasteiger partial charge in [0.05, 0.1) is 10.7 Å². The molecule has 2 heterocycles. The van der Waals surface area contributed by atoms with Gasteiger partial charge in [-0.1, -0.05) is 24.6 Å². The average molecular weight is 421 g/mol. The van der Waals surface area contributed by atoms with E-state index in [1.165, 1.54) is 18.2 Å². The first-order valence-electron chi connectivity index (χ1n) is 9.91. The standard InChI is InChI=1S/C22H26ClF2N3O/c1-3-20-15(2)4-6-17(27-20)13-26-14-22(25)8-10-28(11-9-22)21(29)16-5-7-19(24)18(23)12-16/h4-7,12,26H,3,8-11,13-14H2,1-2H3/i24-1. The topological polar surface area (TPSA) is 45.2 Å². The highest BCUT2D eigenvalue weighted by Crippen LogP contribution is 2.27. The molecule has 4 nitrogen and oxygen atoms in total. The molecule has 2 aromatic rings. The molecule has 0 unspecified atom stereocenters. The molecule has 1 aromatic carbocycles. The molecule has 1 N–H and O–H groups in total. The number of amides is 1. The molecule has 29 heavy (non-hydrogen) atoms. The van der Waals surface area contributed by atoms with E-state index in [-0.39, 0.29) is 30.3 Å². The summed E-state index contributed by atoms with van der Waals surface area (Å²) in [5.41, 5.74) is 2.08. The summed E-state index contributed by atoms with van der Waals surface area (Å²) in [7, 11) is 0. The largest absolute Gasteiger partial charge is 0.338 e. The summed E-state index contributed by atoms with van der Waals surface area (Å²) in [4.78, 5) is 18.8. The van der Waals surface area contributed by atoms with Gasteiger partial charge in [0.25, 0.3) is 5.91 Å². The van der Waals surface area contributed by atoms with Crippen molar-refractivity contribution in [3.63, 3.8) is 0 Å². The number of likely N-dealkylation sites (tertiary alicyclic amines) is 1. The van der Waals surface area contributed by atoms with Crippen molar-refractivity contribution in [2.45, 2.75) is 45.3 Å². The van der Waals surface area contributed by atoms with Crippen molar-refractivity contribution in [1.82, 2.24) is 15.2 Å². The Morgan fingerprint density at radius 3 is 2.66 bits per heavy atom. The maximum atomic E-state index is 15.1. The Kier molecular flexibility index (Phi) is 6.85. The molecule has 3 rings (SSSR count). The van der Waals surface area contributed by atoms with Gasteiger partial charge in [-0.3, -0.25) is 9.78 Å². The van der Waals surface area contributed by atoms with Gasteiger partial charge in [0.1, 0.15) is 11.5 Å². The van der Waals surface area contributed by atoms with Crippen LogP contribution in [0.25, 0.3) is 0 Å². The predicted molar refractivity (Wildman–Crippen MR) is 110 cm³/mol. The van der Waals surface area contributed by atoms with E-state index in [4.69, 9.17) is 11.6 Å². The van der Waals surface area contributed by atoms with Crippen molar-refractivity contribution in [3.8, 4) is 0 Å². The highest BCUT2D eigenvalue weighted by molar-refractivity contribution is 6.31. The van der Waals surface area contributed by atoms with Crippen LogP contribution < -0.4 is 5.32 Å². The lowest BCUT2D eigenvalue weighted by molar-refractivity contribution is 0.0434. The minimum Gasteiger partial charge on any atom is -0.338 e. The van der Waals surface area contributed by atoms with E-state index in [2.05, 4.69) is 17.2 Å². The Labute approximate surface area is 175 Å². The molecule has 0 spiro atoms. The summed E-state index contributed by atoms with van der Waals surface area (Å²) >= 11 is 5.76. The van der Waals surface area contributed by atoms with Gasteiger partial charge in [0.15, 0.2) is 0 Å². The van der Waals surface area contributed by atoms with E-state index in [1.54, 1.807) is 4.90 Å². The van der Waals surface area contributed by atoms with E-state index in [0.29, 0.717) is 25.2 Å². The molecule has 0 atom stereocenters. The first-order chi connectivity index (χ1) is 13.8. The van der Waals surface area contributed by atoms with Gasteiger partial charge in [-0.05, 0) is 43.2 Å². The van der Waals surface area contributed by atoms with Crippen molar-refractivity contribution in [3.05, 3.63) is 63.7 Å². The van der Waals surface area contributed by atoms with Crippen LogP contribution in [0.2, 0.25) is 5.02 Å². The monoisotopic (exact) mass is 420 g/mol. The summed E-state index contributed by atoms with van der Waals surface area (Å²) in [6, 6.07) is 7.89. The average Bonchev–Trinajstić information content (AvgIpc) is 2.71. The lowest BCUT2D eigenvalue weighted by atomic mass is 9.92. The molecule has 7 heteroatoms. The Morgan fingerprint density at radius 1 is 1.28 bits per heavy atom. The summed E-state index contributed by atoms with van der Waals surface area (Å²) < 4.78 is 28.4. The summed E-state index contributed by atoms with van der Waals surface area (Å²) in [6.07, 6.45) is 1.38. The van der Waals surface area contributed by atoms with Crippen molar-refractivity contribution in [2.75, 3.05) is 19.6 Å². The molecule has 1 aliphatic rings. The van der Waals surface area contributed by atoms with Crippen LogP contribution in [0.15, 0.2) is 30.3 Å². The number of pyridine rings is 1. The van der Waals surface area contributed by atoms with Crippen molar-refractivity contribution in [1.29, 1.82) is 0 Å². The number of aromatic nitrogens is 1. The number of nitrogens with zero attached hydrogens (tertiary/aromatic N) is 2. The van der Waals surface area contributed by atoms with E-state index < -0.39 is 11.5 Å². The maximum Gasteiger partial charge on any atom is 0.253 e. The second kappa shape index (κ2) is 9.18. The Bertz CT molecular complexity index is 882. The SMILES string of the molecule is CCc1nc(CNCC2(F)CCN(C(=O)c3ccc([18F])c(Cl)c3)CC2)ccc1C. The Balaban J connectivity index is 1.51. The third kappa shape index (κ3) is 5.31. The lowest BCUT2D eigenvalue weighted by Crippen LogP contribution is -2.48. The van der Waals surface area contributed by atoms with Crippen molar-refractivity contribution >= 4 is 17.5 Å². The molecule has 1 amide bonds. The number of rotatable bonds is 6. The zero-order valence-electron chi connectivity index (χ0n) is 16.8. The molecular formula is C22H26ClF2N3O. The predicted octanol–water partition coefficient (Wildman–Crippen LogP) is 4.48. The first-order valence-corrected chi connectivity index (χ1v) is 10.3. The zero-order valence-corrected chi connectivity index (χ0v) is 17.5. The number of carbonyl (C=O) groups is 1. The van der Waals surface area contributed by atoms with E-state index >= 15 is 4.39 Å². The van der Waals surface area contributed by atoms with Crippen molar-refractivity contribution < 1.29 is 13.6 Å². The van der Waals surface area contributed by atoms with Gasteiger partial charge in [0.2, 0.25) is 0 Å². The fraction of sp³-hybridized carbons (Fsp3) is 0.455. The molecular weight excluding hydrogens is 395 g/mol. The fourth-order valence-corrected chi connectivity index (χ4v) is 3.77. The molecule has 0 aliphatic carbocycles. The minimum atomic E-state index is -1.37. The number of piperidine rings is 1. The van der Waals surface area contributed by atoms with Crippen LogP contribution in [-0.4, -0.2) is 41.1 Å². The fourth-order valence-electron chi connectivity index (χ4n) is 3.59. The lowest BCUT2D eigenvalue weighted by Gasteiger charge is -2.36. The quantitative estimate of drug-likeness (QED) is 0.749. The number of alkyl halides is 1. The van der Waals surface area contributed by atoms with Gasteiger partial charge in [-0.2, -0.15) is 0 Å². The summed E-state index contributed by atoms with van der Waals surface area (Å²) in [5, 5.41) is 3.08. The Morgan fingerprint density at radius 2 is 2.00 bits per heavy atom. The zero-order chi connectivity index (χ0) is 21.0. The molecule has 1 saturated heterocycles. The van der Waals surface area contributed by atoms with Gasteiger partial charge in [-0.25, -0.2) is 8.78 Å². The maximum absolute atomic E-state index is 15.1. The van der Waals surface area contributed by atoms with Gasteiger partial charge >= 0.3 is 0 Å². The molecule has 1 aromatic heterocycles. The van der Waals surface area contributed by atoms with Gasteiger partial charge in [-0.15, -0.1) is 0 Å². The molecule has 0 bridgehead atoms. The molecule has 156 valence electrons. The second-order valence-corrected chi connectivity index (χ2v) is 8.00. The molecule has 0 saturated carbocycles. The number of benzene rings is 1. The second-order valence-electron chi connectivity index (χ2n) is 7.60. The third-order valence-electron chi connectivity index (χ3n) is 5.46. The first kappa shape index (κ1) is 21.7. The number of hydrogen-bond donors (Lipinski definition) is 1. The number of hydrogen-bond acceptors (Lipinski definition) is 3. The normalized spacial score (nSPS) is 16.1. The van der Waals surface area contributed by atoms with Gasteiger partial charge in [0, 0.05) is 50.3 Å². The number of aryl methyl sites for hydroxylation is 2. The highest BCUT2D eigenvalue weighted by atomic mass is 35.5. The van der Waals surface area contributed by atoms with E-state index in [1.807, 2.05) is 19.1 Å². The molecule has 1 aliphatic heterocycles. The van der Waals surface area contributed by atoms with E-state index in [9.17, 15) is 9.18 Å². The smallest absolute Gasteiger partial charge is 0.253 e. The van der Waals surface area contributed by atoms with Crippen LogP contribution in [0.1, 0.15) is 47.1 Å². The third-order valence-corrected chi connectivity index (χ3v) is 5.75. The highest BCUT2D eigenvalue weighted by Gasteiger charge is 2.36. The van der Waals surface area contributed by atoms with Crippen LogP contribution in [-0.2, 0) is 13.0 Å². The molecule has 0 radical (unpaired) electrons. The minimum absolute atomic E-state index is 0.0900. The van der Waals surface area contributed by atoms with Gasteiger partial charge < -0.3 is 10.2 Å². The van der Waals surface area contributed by atoms with E-state index in [0.717, 1.165) is 23.4 Å². The summed E-state index contributed by atoms with van der Waals surface area (Å²) in [6.45, 7) is 5.46. The van der Waals surface area contributed by atoms with Crippen LogP contribution >= 0.6 is 11.6 Å². The molecule has 1 fully saturated rings. The number of carbonyl (C=O) groups excluding carboxylic acids is 1. The number of halogens is 3. The van der Waals surface area contributed by atoms with Crippen LogP contribution in [0, 0.1) is 12.7 Å². The van der Waals surface area contributed by atoms with Crippen LogP contribution in [0.4, 0.5) is 8.78 Å². The van der Waals surface area contributed by atoms with Crippen molar-refractivity contribution in [2.24, 2.45) is 0 Å². The van der Waals surface area contributed by atoms with Crippen LogP contribution in [0.3, 0.4) is 0 Å². The number of nitrogens with one attached hydrogen (secondary N) is 1. The Hall–Kier alpha value is -2.05. The summed E-state index contributed by atoms with van der Waals surface area (Å²) in [5.74, 6) is -0.817.